The molecule has 210 valence electrons. The second-order valence-corrected chi connectivity index (χ2v) is 11.8. The van der Waals surface area contributed by atoms with E-state index in [0.29, 0.717) is 6.54 Å². The smallest absolute Gasteiger partial charge is 0.408 e. The molecule has 1 amide bonds. The molecule has 0 aromatic rings. The molecule has 3 atom stereocenters. The van der Waals surface area contributed by atoms with Gasteiger partial charge in [-0.05, 0) is 95.7 Å². The van der Waals surface area contributed by atoms with Crippen molar-refractivity contribution in [1.29, 1.82) is 0 Å². The van der Waals surface area contributed by atoms with E-state index in [9.17, 15) is 24.3 Å². The standard InChI is InChI=1S/C25H47N3O8/c1-16(19(29)30)28(11)15-13-17(20(31)34-23(2,3)4)26-14-12-18(21(32)35-24(5,6)7)27-22(33)36-25(8,9)10/h16-18,26H,12-15H2,1-11H3,(H,27,33)(H,29,30). The highest BCUT2D eigenvalue weighted by Gasteiger charge is 2.30. The number of carbonyl (C=O) groups excluding carboxylic acids is 3. The van der Waals surface area contributed by atoms with E-state index in [0.717, 1.165) is 0 Å². The fourth-order valence-corrected chi connectivity index (χ4v) is 2.86. The summed E-state index contributed by atoms with van der Waals surface area (Å²) in [6, 6.07) is -2.49. The van der Waals surface area contributed by atoms with Crippen LogP contribution in [0.15, 0.2) is 0 Å². The van der Waals surface area contributed by atoms with Crippen molar-refractivity contribution in [1.82, 2.24) is 15.5 Å². The predicted molar refractivity (Wildman–Crippen MR) is 136 cm³/mol. The van der Waals surface area contributed by atoms with Crippen LogP contribution in [0.5, 0.6) is 0 Å². The van der Waals surface area contributed by atoms with Gasteiger partial charge in [0, 0.05) is 6.54 Å². The lowest BCUT2D eigenvalue weighted by molar-refractivity contribution is -0.158. The molecule has 3 unspecified atom stereocenters. The summed E-state index contributed by atoms with van der Waals surface area (Å²) in [5, 5.41) is 14.9. The van der Waals surface area contributed by atoms with Crippen molar-refractivity contribution >= 4 is 24.0 Å². The lowest BCUT2D eigenvalue weighted by atomic mass is 10.1. The Morgan fingerprint density at radius 1 is 0.778 bits per heavy atom. The van der Waals surface area contributed by atoms with Crippen LogP contribution in [0, 0.1) is 0 Å². The summed E-state index contributed by atoms with van der Waals surface area (Å²) in [6.07, 6.45) is -0.361. The highest BCUT2D eigenvalue weighted by Crippen LogP contribution is 2.13. The Morgan fingerprint density at radius 2 is 1.22 bits per heavy atom. The second kappa shape index (κ2) is 13.8. The normalized spacial score (nSPS) is 15.0. The monoisotopic (exact) mass is 517 g/mol. The molecule has 0 heterocycles. The molecule has 0 aliphatic rings. The van der Waals surface area contributed by atoms with Gasteiger partial charge in [-0.1, -0.05) is 0 Å². The van der Waals surface area contributed by atoms with Crippen LogP contribution >= 0.6 is 0 Å². The molecule has 3 N–H and O–H groups in total. The number of alkyl carbamates (subject to hydrolysis) is 1. The molecule has 0 aliphatic heterocycles. The number of carboxylic acid groups (broad SMARTS) is 1. The van der Waals surface area contributed by atoms with E-state index >= 15 is 0 Å². The van der Waals surface area contributed by atoms with Crippen LogP contribution in [0.4, 0.5) is 4.79 Å². The molecule has 0 aromatic carbocycles. The number of likely N-dealkylation sites (N-methyl/N-ethyl adjacent to an activating group) is 1. The predicted octanol–water partition coefficient (Wildman–Crippen LogP) is 2.71. The van der Waals surface area contributed by atoms with Gasteiger partial charge in [0.2, 0.25) is 0 Å². The van der Waals surface area contributed by atoms with Gasteiger partial charge in [0.05, 0.1) is 0 Å². The third-order valence-corrected chi connectivity index (χ3v) is 4.69. The van der Waals surface area contributed by atoms with E-state index in [1.54, 1.807) is 81.2 Å². The average Bonchev–Trinajstić information content (AvgIpc) is 2.64. The molecule has 0 rings (SSSR count). The van der Waals surface area contributed by atoms with Crippen LogP contribution in [0.2, 0.25) is 0 Å². The lowest BCUT2D eigenvalue weighted by Crippen LogP contribution is -2.49. The highest BCUT2D eigenvalue weighted by atomic mass is 16.6. The van der Waals surface area contributed by atoms with E-state index < -0.39 is 58.9 Å². The van der Waals surface area contributed by atoms with Crippen molar-refractivity contribution in [2.75, 3.05) is 20.1 Å². The molecule has 0 spiro atoms. The summed E-state index contributed by atoms with van der Waals surface area (Å²) in [5.41, 5.74) is -2.22. The Kier molecular flexibility index (Phi) is 12.9. The Morgan fingerprint density at radius 3 is 1.64 bits per heavy atom. The van der Waals surface area contributed by atoms with Crippen molar-refractivity contribution in [3.63, 3.8) is 0 Å². The van der Waals surface area contributed by atoms with Crippen molar-refractivity contribution in [2.24, 2.45) is 0 Å². The number of amides is 1. The number of carbonyl (C=O) groups is 4. The van der Waals surface area contributed by atoms with Gasteiger partial charge >= 0.3 is 24.0 Å². The Labute approximate surface area is 215 Å². The minimum Gasteiger partial charge on any atom is -0.480 e. The van der Waals surface area contributed by atoms with Gasteiger partial charge in [0.25, 0.3) is 0 Å². The summed E-state index contributed by atoms with van der Waals surface area (Å²) in [6.45, 7) is 17.6. The molecule has 0 aromatic heterocycles. The number of esters is 2. The minimum atomic E-state index is -1.01. The van der Waals surface area contributed by atoms with Gasteiger partial charge in [-0.25, -0.2) is 9.59 Å². The number of rotatable bonds is 12. The van der Waals surface area contributed by atoms with Crippen LogP contribution in [0.1, 0.15) is 82.1 Å². The second-order valence-electron chi connectivity index (χ2n) is 11.8. The Balaban J connectivity index is 5.42. The molecular weight excluding hydrogens is 470 g/mol. The van der Waals surface area contributed by atoms with Gasteiger partial charge in [0.15, 0.2) is 0 Å². The largest absolute Gasteiger partial charge is 0.480 e. The number of aliphatic carboxylic acids is 1. The number of carboxylic acids is 1. The van der Waals surface area contributed by atoms with Crippen LogP contribution in [0.3, 0.4) is 0 Å². The van der Waals surface area contributed by atoms with E-state index in [4.69, 9.17) is 14.2 Å². The summed E-state index contributed by atoms with van der Waals surface area (Å²) in [7, 11) is 1.66. The Bertz CT molecular complexity index is 750. The number of hydrogen-bond donors (Lipinski definition) is 3. The number of ether oxygens (including phenoxy) is 3. The zero-order chi connectivity index (χ0) is 28.5. The van der Waals surface area contributed by atoms with Gasteiger partial charge < -0.3 is 30.0 Å². The van der Waals surface area contributed by atoms with Gasteiger partial charge in [-0.3, -0.25) is 14.5 Å². The summed E-state index contributed by atoms with van der Waals surface area (Å²) >= 11 is 0. The molecule has 0 bridgehead atoms. The molecule has 11 heteroatoms. The van der Waals surface area contributed by atoms with E-state index in [-0.39, 0.29) is 19.4 Å². The SMILES string of the molecule is CC(C(=O)O)N(C)CCC(NCCC(NC(=O)OC(C)(C)C)C(=O)OC(C)(C)C)C(=O)OC(C)(C)C. The van der Waals surface area contributed by atoms with E-state index in [2.05, 4.69) is 10.6 Å². The molecule has 0 saturated heterocycles. The Hall–Kier alpha value is -2.40. The topological polar surface area (TPSA) is 144 Å². The van der Waals surface area contributed by atoms with Crippen LogP contribution in [-0.2, 0) is 28.6 Å². The van der Waals surface area contributed by atoms with Crippen molar-refractivity contribution in [2.45, 2.75) is 117 Å². The molecular formula is C25H47N3O8. The number of nitrogens with one attached hydrogen (secondary N) is 2. The van der Waals surface area contributed by atoms with Crippen LogP contribution in [-0.4, -0.2) is 89.1 Å². The van der Waals surface area contributed by atoms with Crippen molar-refractivity contribution in [3.05, 3.63) is 0 Å². The third-order valence-electron chi connectivity index (χ3n) is 4.69. The first-order valence-electron chi connectivity index (χ1n) is 12.2. The number of hydrogen-bond acceptors (Lipinski definition) is 9. The van der Waals surface area contributed by atoms with Gasteiger partial charge in [-0.15, -0.1) is 0 Å². The lowest BCUT2D eigenvalue weighted by Gasteiger charge is -2.28. The van der Waals surface area contributed by atoms with E-state index in [1.807, 2.05) is 0 Å². The maximum atomic E-state index is 12.8. The summed E-state index contributed by atoms with van der Waals surface area (Å²) < 4.78 is 16.2. The van der Waals surface area contributed by atoms with Gasteiger partial charge in [-0.2, -0.15) is 0 Å². The van der Waals surface area contributed by atoms with Crippen LogP contribution in [0.25, 0.3) is 0 Å². The fraction of sp³-hybridized carbons (Fsp3) is 0.840. The first kappa shape index (κ1) is 33.6. The molecule has 11 nitrogen and oxygen atoms in total. The van der Waals surface area contributed by atoms with E-state index in [1.165, 1.54) is 0 Å². The summed E-state index contributed by atoms with van der Waals surface area (Å²) in [4.78, 5) is 50.7. The first-order chi connectivity index (χ1) is 16.1. The first-order valence-corrected chi connectivity index (χ1v) is 12.2. The van der Waals surface area contributed by atoms with Crippen LogP contribution < -0.4 is 10.6 Å². The quantitative estimate of drug-likeness (QED) is 0.261. The minimum absolute atomic E-state index is 0.120. The highest BCUT2D eigenvalue weighted by molar-refractivity contribution is 5.81. The molecule has 0 saturated carbocycles. The molecule has 0 fully saturated rings. The molecule has 0 radical (unpaired) electrons. The van der Waals surface area contributed by atoms with Gasteiger partial charge in [0.1, 0.15) is 34.9 Å². The maximum Gasteiger partial charge on any atom is 0.408 e. The van der Waals surface area contributed by atoms with Crippen molar-refractivity contribution < 1.29 is 38.5 Å². The molecule has 36 heavy (non-hydrogen) atoms. The third kappa shape index (κ3) is 15.6. The zero-order valence-electron chi connectivity index (χ0n) is 23.8. The number of nitrogens with zero attached hydrogens (tertiary/aromatic N) is 1. The molecule has 0 aliphatic carbocycles. The van der Waals surface area contributed by atoms with Crippen molar-refractivity contribution in [3.8, 4) is 0 Å². The maximum absolute atomic E-state index is 12.8. The zero-order valence-corrected chi connectivity index (χ0v) is 23.8. The average molecular weight is 518 g/mol. The summed E-state index contributed by atoms with van der Waals surface area (Å²) in [5.74, 6) is -2.08. The fourth-order valence-electron chi connectivity index (χ4n) is 2.86.